The van der Waals surface area contributed by atoms with Crippen LogP contribution < -0.4 is 26.6 Å². The molecule has 14 heteroatoms. The molecule has 1 aromatic rings. The van der Waals surface area contributed by atoms with Crippen molar-refractivity contribution in [2.24, 2.45) is 5.92 Å². The van der Waals surface area contributed by atoms with Gasteiger partial charge in [-0.25, -0.2) is 0 Å². The van der Waals surface area contributed by atoms with Crippen molar-refractivity contribution >= 4 is 29.5 Å². The van der Waals surface area contributed by atoms with Crippen molar-refractivity contribution in [2.45, 2.75) is 59.9 Å². The largest absolute Gasteiger partial charge is 0.379 e. The minimum Gasteiger partial charge on any atom is -0.379 e. The van der Waals surface area contributed by atoms with Crippen molar-refractivity contribution in [1.29, 1.82) is 0 Å². The average molecular weight is 668 g/mol. The normalized spacial score (nSPS) is 11.1. The van der Waals surface area contributed by atoms with E-state index in [0.29, 0.717) is 52.1 Å². The Morgan fingerprint density at radius 2 is 1.11 bits per heavy atom. The molecule has 14 nitrogen and oxygen atoms in total. The van der Waals surface area contributed by atoms with Crippen LogP contribution in [0.4, 0.5) is 0 Å². The SMILES string of the molecule is CC.CCNC(=O)CNC(=O)C(Cc1ccccc1)NC(=O)CNC(=O)CNC(=O)CCOCCOCCOCCOCCC(C)C. The Kier molecular flexibility index (Phi) is 27.5. The predicted molar refractivity (Wildman–Crippen MR) is 178 cm³/mol. The summed E-state index contributed by atoms with van der Waals surface area (Å²) in [6.07, 6.45) is 1.28. The molecule has 5 amide bonds. The average Bonchev–Trinajstić information content (AvgIpc) is 3.06. The van der Waals surface area contributed by atoms with Crippen molar-refractivity contribution < 1.29 is 42.9 Å². The zero-order valence-corrected chi connectivity index (χ0v) is 28.8. The Morgan fingerprint density at radius 3 is 1.68 bits per heavy atom. The molecule has 0 radical (unpaired) electrons. The predicted octanol–water partition coefficient (Wildman–Crippen LogP) is 0.727. The molecule has 0 aliphatic rings. The van der Waals surface area contributed by atoms with Crippen LogP contribution in [0, 0.1) is 5.92 Å². The second-order valence-electron chi connectivity index (χ2n) is 10.4. The molecular formula is C33H57N5O9. The molecule has 0 aromatic heterocycles. The summed E-state index contributed by atoms with van der Waals surface area (Å²) in [4.78, 5) is 61.0. The molecule has 268 valence electrons. The van der Waals surface area contributed by atoms with E-state index in [2.05, 4.69) is 40.4 Å². The van der Waals surface area contributed by atoms with Crippen molar-refractivity contribution in [1.82, 2.24) is 26.6 Å². The highest BCUT2D eigenvalue weighted by molar-refractivity contribution is 5.92. The van der Waals surface area contributed by atoms with Crippen LogP contribution in [0.3, 0.4) is 0 Å². The molecule has 0 bridgehead atoms. The van der Waals surface area contributed by atoms with Gasteiger partial charge in [0.25, 0.3) is 0 Å². The highest BCUT2D eigenvalue weighted by Gasteiger charge is 2.22. The number of amides is 5. The molecule has 1 unspecified atom stereocenters. The van der Waals surface area contributed by atoms with E-state index in [1.54, 1.807) is 6.92 Å². The van der Waals surface area contributed by atoms with E-state index in [9.17, 15) is 24.0 Å². The van der Waals surface area contributed by atoms with Gasteiger partial charge in [-0.15, -0.1) is 0 Å². The van der Waals surface area contributed by atoms with Crippen LogP contribution >= 0.6 is 0 Å². The number of rotatable bonds is 26. The fourth-order valence-corrected chi connectivity index (χ4v) is 3.61. The van der Waals surface area contributed by atoms with Crippen LogP contribution in [-0.4, -0.2) is 115 Å². The lowest BCUT2D eigenvalue weighted by molar-refractivity contribution is -0.131. The summed E-state index contributed by atoms with van der Waals surface area (Å²) in [5.74, 6) is -1.82. The quantitative estimate of drug-likeness (QED) is 0.0890. The molecule has 0 aliphatic carbocycles. The lowest BCUT2D eigenvalue weighted by Gasteiger charge is -2.19. The fraction of sp³-hybridized carbons (Fsp3) is 0.667. The fourth-order valence-electron chi connectivity index (χ4n) is 3.61. The van der Waals surface area contributed by atoms with Crippen molar-refractivity contribution in [3.63, 3.8) is 0 Å². The number of carbonyl (C=O) groups excluding carboxylic acids is 5. The Hall–Kier alpha value is -3.59. The van der Waals surface area contributed by atoms with Gasteiger partial charge in [0.2, 0.25) is 29.5 Å². The van der Waals surface area contributed by atoms with Gasteiger partial charge in [-0.1, -0.05) is 58.0 Å². The first-order valence-corrected chi connectivity index (χ1v) is 16.4. The summed E-state index contributed by atoms with van der Waals surface area (Å²) in [5.41, 5.74) is 0.804. The molecule has 1 rings (SSSR count). The smallest absolute Gasteiger partial charge is 0.243 e. The van der Waals surface area contributed by atoms with Crippen LogP contribution in [0.25, 0.3) is 0 Å². The zero-order valence-electron chi connectivity index (χ0n) is 28.8. The van der Waals surface area contributed by atoms with Gasteiger partial charge < -0.3 is 45.5 Å². The van der Waals surface area contributed by atoms with E-state index in [1.807, 2.05) is 44.2 Å². The van der Waals surface area contributed by atoms with Gasteiger partial charge in [0.05, 0.1) is 65.9 Å². The molecule has 1 atom stereocenters. The highest BCUT2D eigenvalue weighted by Crippen LogP contribution is 2.04. The molecule has 0 saturated heterocycles. The van der Waals surface area contributed by atoms with Crippen LogP contribution in [0.5, 0.6) is 0 Å². The maximum atomic E-state index is 12.7. The molecule has 0 heterocycles. The van der Waals surface area contributed by atoms with Crippen molar-refractivity contribution in [3.05, 3.63) is 35.9 Å². The van der Waals surface area contributed by atoms with Crippen LogP contribution in [0.2, 0.25) is 0 Å². The maximum absolute atomic E-state index is 12.7. The number of likely N-dealkylation sites (N-methyl/N-ethyl adjacent to an activating group) is 1. The first-order chi connectivity index (χ1) is 22.7. The minimum atomic E-state index is -0.964. The lowest BCUT2D eigenvalue weighted by atomic mass is 10.1. The topological polar surface area (TPSA) is 182 Å². The summed E-state index contributed by atoms with van der Waals surface area (Å²) < 4.78 is 21.7. The molecular weight excluding hydrogens is 610 g/mol. The van der Waals surface area contributed by atoms with Crippen LogP contribution in [0.1, 0.15) is 53.0 Å². The number of carbonyl (C=O) groups is 5. The molecule has 0 saturated carbocycles. The monoisotopic (exact) mass is 667 g/mol. The number of benzene rings is 1. The molecule has 5 N–H and O–H groups in total. The zero-order chi connectivity index (χ0) is 35.1. The first-order valence-electron chi connectivity index (χ1n) is 16.4. The van der Waals surface area contributed by atoms with Crippen LogP contribution in [0.15, 0.2) is 30.3 Å². The third-order valence-corrected chi connectivity index (χ3v) is 6.05. The Morgan fingerprint density at radius 1 is 0.617 bits per heavy atom. The molecule has 47 heavy (non-hydrogen) atoms. The minimum absolute atomic E-state index is 0.0558. The van der Waals surface area contributed by atoms with Gasteiger partial charge in [-0.3, -0.25) is 24.0 Å². The number of nitrogens with one attached hydrogen (secondary N) is 5. The van der Waals surface area contributed by atoms with E-state index in [-0.39, 0.29) is 44.4 Å². The highest BCUT2D eigenvalue weighted by atomic mass is 16.6. The van der Waals surface area contributed by atoms with E-state index >= 15 is 0 Å². The standard InChI is InChI=1S/C31H51N5O9.C2H6/c1-4-32-28(38)22-35-31(41)26(20-25-8-6-5-7-9-25)36-30(40)23-34-29(39)21-33-27(37)11-13-43-15-17-45-19-18-44-16-14-42-12-10-24(2)3;1-2/h5-9,24,26H,4,10-23H2,1-3H3,(H,32,38)(H,33,37)(H,34,39)(H,35,41)(H,36,40);1-2H3. The summed E-state index contributed by atoms with van der Waals surface area (Å²) in [5, 5.41) is 12.5. The molecule has 1 aromatic carbocycles. The van der Waals surface area contributed by atoms with Gasteiger partial charge in [0.15, 0.2) is 0 Å². The van der Waals surface area contributed by atoms with E-state index in [4.69, 9.17) is 18.9 Å². The third-order valence-electron chi connectivity index (χ3n) is 6.05. The number of hydrogen-bond acceptors (Lipinski definition) is 9. The van der Waals surface area contributed by atoms with Crippen molar-refractivity contribution in [2.75, 3.05) is 79.0 Å². The third kappa shape index (κ3) is 26.2. The molecule has 0 spiro atoms. The van der Waals surface area contributed by atoms with E-state index < -0.39 is 30.3 Å². The Bertz CT molecular complexity index is 996. The number of ether oxygens (including phenoxy) is 4. The Labute approximate surface area is 279 Å². The molecule has 0 aliphatic heterocycles. The summed E-state index contributed by atoms with van der Waals surface area (Å²) in [7, 11) is 0. The van der Waals surface area contributed by atoms with E-state index in [0.717, 1.165) is 18.6 Å². The summed E-state index contributed by atoms with van der Waals surface area (Å²) in [6.45, 7) is 13.1. The van der Waals surface area contributed by atoms with Gasteiger partial charge in [-0.05, 0) is 24.8 Å². The lowest BCUT2D eigenvalue weighted by Crippen LogP contribution is -2.52. The van der Waals surface area contributed by atoms with Gasteiger partial charge in [0, 0.05) is 26.0 Å². The maximum Gasteiger partial charge on any atom is 0.243 e. The van der Waals surface area contributed by atoms with E-state index in [1.165, 1.54) is 0 Å². The van der Waals surface area contributed by atoms with Crippen molar-refractivity contribution in [3.8, 4) is 0 Å². The van der Waals surface area contributed by atoms with Gasteiger partial charge >= 0.3 is 0 Å². The summed E-state index contributed by atoms with van der Waals surface area (Å²) in [6, 6.07) is 8.10. The van der Waals surface area contributed by atoms with Gasteiger partial charge in [0.1, 0.15) is 6.04 Å². The second-order valence-corrected chi connectivity index (χ2v) is 10.4. The second kappa shape index (κ2) is 29.8. The molecule has 0 fully saturated rings. The van der Waals surface area contributed by atoms with Gasteiger partial charge in [-0.2, -0.15) is 0 Å². The number of hydrogen-bond donors (Lipinski definition) is 5. The first kappa shape index (κ1) is 43.4. The Balaban J connectivity index is 0.0000104. The van der Waals surface area contributed by atoms with Crippen LogP contribution in [-0.2, 0) is 49.3 Å². The summed E-state index contributed by atoms with van der Waals surface area (Å²) >= 11 is 0.